The number of carbonyl (C=O) groups is 2. The van der Waals surface area contributed by atoms with Crippen LogP contribution in [0.15, 0.2) is 18.2 Å². The predicted octanol–water partition coefficient (Wildman–Crippen LogP) is 1.50. The Hall–Kier alpha value is -1.88. The second-order valence-electron chi connectivity index (χ2n) is 4.21. The lowest BCUT2D eigenvalue weighted by atomic mass is 10.1. The smallest absolute Gasteiger partial charge is 0.241 e. The monoisotopic (exact) mass is 249 g/mol. The fourth-order valence-corrected chi connectivity index (χ4v) is 1.41. The van der Waals surface area contributed by atoms with Crippen LogP contribution in [0.3, 0.4) is 0 Å². The molecule has 3 N–H and O–H groups in total. The van der Waals surface area contributed by atoms with Gasteiger partial charge in [-0.05, 0) is 38.6 Å². The number of carbonyl (C=O) groups excluding carboxylic acids is 2. The van der Waals surface area contributed by atoms with E-state index in [2.05, 4.69) is 16.0 Å². The molecule has 98 valence electrons. The van der Waals surface area contributed by atoms with Crippen molar-refractivity contribution in [3.8, 4) is 0 Å². The first-order chi connectivity index (χ1) is 8.43. The highest BCUT2D eigenvalue weighted by molar-refractivity contribution is 5.96. The molecule has 0 spiro atoms. The maximum Gasteiger partial charge on any atom is 0.241 e. The molecule has 5 nitrogen and oxygen atoms in total. The van der Waals surface area contributed by atoms with E-state index in [1.807, 2.05) is 13.0 Å². The van der Waals surface area contributed by atoms with Crippen LogP contribution in [0.1, 0.15) is 19.4 Å². The average molecular weight is 249 g/mol. The predicted molar refractivity (Wildman–Crippen MR) is 72.6 cm³/mol. The third-order valence-corrected chi connectivity index (χ3v) is 2.64. The molecule has 0 radical (unpaired) electrons. The third-order valence-electron chi connectivity index (χ3n) is 2.64. The van der Waals surface area contributed by atoms with E-state index in [1.165, 1.54) is 6.92 Å². The van der Waals surface area contributed by atoms with E-state index in [1.54, 1.807) is 26.1 Å². The van der Waals surface area contributed by atoms with Gasteiger partial charge in [0.1, 0.15) is 0 Å². The van der Waals surface area contributed by atoms with Crippen molar-refractivity contribution in [3.63, 3.8) is 0 Å². The van der Waals surface area contributed by atoms with E-state index in [-0.39, 0.29) is 17.9 Å². The van der Waals surface area contributed by atoms with Crippen molar-refractivity contribution in [2.45, 2.75) is 26.8 Å². The van der Waals surface area contributed by atoms with Gasteiger partial charge in [-0.15, -0.1) is 0 Å². The molecule has 0 fully saturated rings. The molecule has 0 heterocycles. The van der Waals surface area contributed by atoms with Crippen molar-refractivity contribution >= 4 is 23.2 Å². The van der Waals surface area contributed by atoms with Crippen LogP contribution in [0.5, 0.6) is 0 Å². The Morgan fingerprint density at radius 1 is 1.22 bits per heavy atom. The van der Waals surface area contributed by atoms with Crippen LogP contribution in [-0.4, -0.2) is 24.9 Å². The van der Waals surface area contributed by atoms with Gasteiger partial charge in [0, 0.05) is 18.3 Å². The fraction of sp³-hybridized carbons (Fsp3) is 0.385. The van der Waals surface area contributed by atoms with Crippen molar-refractivity contribution in [1.82, 2.24) is 5.32 Å². The standard InChI is InChI=1S/C13H19N3O2/c1-8-5-6-11(15-10(3)17)7-12(8)16-13(18)9(2)14-4/h5-7,9,14H,1-4H3,(H,15,17)(H,16,18). The van der Waals surface area contributed by atoms with Gasteiger partial charge >= 0.3 is 0 Å². The molecule has 5 heteroatoms. The molecule has 1 aromatic carbocycles. The zero-order chi connectivity index (χ0) is 13.7. The molecule has 0 aliphatic rings. The number of aryl methyl sites for hydroxylation is 1. The lowest BCUT2D eigenvalue weighted by Gasteiger charge is -2.14. The van der Waals surface area contributed by atoms with Crippen LogP contribution in [0.25, 0.3) is 0 Å². The summed E-state index contributed by atoms with van der Waals surface area (Å²) in [5.41, 5.74) is 2.31. The summed E-state index contributed by atoms with van der Waals surface area (Å²) < 4.78 is 0. The van der Waals surface area contributed by atoms with Crippen LogP contribution in [0, 0.1) is 6.92 Å². The van der Waals surface area contributed by atoms with Gasteiger partial charge in [-0.3, -0.25) is 9.59 Å². The van der Waals surface area contributed by atoms with Crippen molar-refractivity contribution in [3.05, 3.63) is 23.8 Å². The van der Waals surface area contributed by atoms with Crippen LogP contribution in [0.4, 0.5) is 11.4 Å². The topological polar surface area (TPSA) is 70.2 Å². The van der Waals surface area contributed by atoms with E-state index in [0.29, 0.717) is 11.4 Å². The van der Waals surface area contributed by atoms with Gasteiger partial charge in [-0.25, -0.2) is 0 Å². The fourth-order valence-electron chi connectivity index (χ4n) is 1.41. The van der Waals surface area contributed by atoms with Crippen molar-refractivity contribution < 1.29 is 9.59 Å². The van der Waals surface area contributed by atoms with E-state index >= 15 is 0 Å². The summed E-state index contributed by atoms with van der Waals surface area (Å²) in [6.07, 6.45) is 0. The molecule has 1 atom stereocenters. The summed E-state index contributed by atoms with van der Waals surface area (Å²) in [6, 6.07) is 5.13. The molecule has 2 amide bonds. The number of hydrogen-bond donors (Lipinski definition) is 3. The SMILES string of the molecule is CNC(C)C(=O)Nc1cc(NC(C)=O)ccc1C. The molecule has 0 aliphatic heterocycles. The molecular formula is C13H19N3O2. The summed E-state index contributed by atoms with van der Waals surface area (Å²) in [7, 11) is 1.73. The average Bonchev–Trinajstić information content (AvgIpc) is 2.31. The Labute approximate surface area is 107 Å². The number of rotatable bonds is 4. The molecular weight excluding hydrogens is 230 g/mol. The van der Waals surface area contributed by atoms with Gasteiger partial charge in [0.15, 0.2) is 0 Å². The number of hydrogen-bond acceptors (Lipinski definition) is 3. The van der Waals surface area contributed by atoms with Crippen molar-refractivity contribution in [1.29, 1.82) is 0 Å². The van der Waals surface area contributed by atoms with Crippen LogP contribution in [-0.2, 0) is 9.59 Å². The first kappa shape index (κ1) is 14.2. The van der Waals surface area contributed by atoms with Crippen molar-refractivity contribution in [2.24, 2.45) is 0 Å². The second kappa shape index (κ2) is 6.16. The Morgan fingerprint density at radius 3 is 2.44 bits per heavy atom. The highest BCUT2D eigenvalue weighted by atomic mass is 16.2. The lowest BCUT2D eigenvalue weighted by molar-refractivity contribution is -0.117. The minimum Gasteiger partial charge on any atom is -0.326 e. The molecule has 0 saturated carbocycles. The Balaban J connectivity index is 2.87. The Bertz CT molecular complexity index is 458. The van der Waals surface area contributed by atoms with Gasteiger partial charge in [0.25, 0.3) is 0 Å². The highest BCUT2D eigenvalue weighted by Gasteiger charge is 2.11. The van der Waals surface area contributed by atoms with Crippen molar-refractivity contribution in [2.75, 3.05) is 17.7 Å². The maximum atomic E-state index is 11.8. The molecule has 0 aromatic heterocycles. The summed E-state index contributed by atoms with van der Waals surface area (Å²) in [5.74, 6) is -0.250. The summed E-state index contributed by atoms with van der Waals surface area (Å²) in [6.45, 7) is 5.13. The normalized spacial score (nSPS) is 11.8. The Kier molecular flexibility index (Phi) is 4.85. The highest BCUT2D eigenvalue weighted by Crippen LogP contribution is 2.20. The van der Waals surface area contributed by atoms with Gasteiger partial charge in [-0.2, -0.15) is 0 Å². The zero-order valence-electron chi connectivity index (χ0n) is 11.1. The zero-order valence-corrected chi connectivity index (χ0v) is 11.1. The number of benzene rings is 1. The number of amides is 2. The van der Waals surface area contributed by atoms with Gasteiger partial charge in [0.05, 0.1) is 6.04 Å². The van der Waals surface area contributed by atoms with Gasteiger partial charge in [-0.1, -0.05) is 6.07 Å². The van der Waals surface area contributed by atoms with Crippen LogP contribution in [0.2, 0.25) is 0 Å². The summed E-state index contributed by atoms with van der Waals surface area (Å²) in [5, 5.41) is 8.37. The first-order valence-corrected chi connectivity index (χ1v) is 5.80. The summed E-state index contributed by atoms with van der Waals surface area (Å²) in [4.78, 5) is 22.7. The minimum absolute atomic E-state index is 0.111. The van der Waals surface area contributed by atoms with E-state index in [0.717, 1.165) is 5.56 Å². The summed E-state index contributed by atoms with van der Waals surface area (Å²) >= 11 is 0. The molecule has 1 unspecified atom stereocenters. The number of likely N-dealkylation sites (N-methyl/N-ethyl adjacent to an activating group) is 1. The molecule has 0 saturated heterocycles. The first-order valence-electron chi connectivity index (χ1n) is 5.80. The van der Waals surface area contributed by atoms with Crippen LogP contribution < -0.4 is 16.0 Å². The van der Waals surface area contributed by atoms with E-state index in [4.69, 9.17) is 0 Å². The van der Waals surface area contributed by atoms with Crippen LogP contribution >= 0.6 is 0 Å². The number of anilines is 2. The minimum atomic E-state index is -0.270. The second-order valence-corrected chi connectivity index (χ2v) is 4.21. The molecule has 0 aliphatic carbocycles. The third kappa shape index (κ3) is 3.85. The lowest BCUT2D eigenvalue weighted by Crippen LogP contribution is -2.35. The van der Waals surface area contributed by atoms with Gasteiger partial charge < -0.3 is 16.0 Å². The number of nitrogens with one attached hydrogen (secondary N) is 3. The van der Waals surface area contributed by atoms with E-state index < -0.39 is 0 Å². The molecule has 18 heavy (non-hydrogen) atoms. The van der Waals surface area contributed by atoms with E-state index in [9.17, 15) is 9.59 Å². The maximum absolute atomic E-state index is 11.8. The largest absolute Gasteiger partial charge is 0.326 e. The molecule has 0 bridgehead atoms. The van der Waals surface area contributed by atoms with Gasteiger partial charge in [0.2, 0.25) is 11.8 Å². The quantitative estimate of drug-likeness (QED) is 0.757. The Morgan fingerprint density at radius 2 is 1.89 bits per heavy atom. The molecule has 1 rings (SSSR count). The molecule has 1 aromatic rings.